The molecule has 31 heavy (non-hydrogen) atoms. The summed E-state index contributed by atoms with van der Waals surface area (Å²) >= 11 is 0. The summed E-state index contributed by atoms with van der Waals surface area (Å²) < 4.78 is 11.5. The van der Waals surface area contributed by atoms with E-state index in [1.165, 1.54) is 54.6 Å². The molecule has 0 saturated carbocycles. The number of carboxylic acids is 1. The van der Waals surface area contributed by atoms with Crippen LogP contribution in [0.5, 0.6) is 23.0 Å². The Balaban J connectivity index is 0.00000114. The number of fused-ring (bicyclic) bond motifs is 6. The van der Waals surface area contributed by atoms with Gasteiger partial charge in [0.25, 0.3) is 0 Å². The normalized spacial score (nSPS) is 13.7. The van der Waals surface area contributed by atoms with Crippen molar-refractivity contribution in [2.45, 2.75) is 5.60 Å². The number of hydrogen-bond acceptors (Lipinski definition) is 7. The van der Waals surface area contributed by atoms with Gasteiger partial charge in [0.15, 0.2) is 5.60 Å². The molecule has 1 spiro atoms. The Hall–Kier alpha value is -1.000. The SMILES string of the molecule is O=C([O-])c1cccc2c1C1(OC2=O)c2ccc([O-])cc2Oc2cc([O-])ccc21.[Na+].[Na+].[Na+]. The van der Waals surface area contributed by atoms with Gasteiger partial charge >= 0.3 is 94.6 Å². The molecule has 2 aliphatic rings. The number of rotatable bonds is 1. The van der Waals surface area contributed by atoms with Crippen molar-refractivity contribution in [1.82, 2.24) is 0 Å². The smallest absolute Gasteiger partial charge is 0.872 e. The summed E-state index contributed by atoms with van der Waals surface area (Å²) in [6, 6.07) is 12.0. The van der Waals surface area contributed by atoms with Crippen LogP contribution in [0.25, 0.3) is 0 Å². The Morgan fingerprint density at radius 3 is 1.90 bits per heavy atom. The molecule has 3 aromatic rings. The molecule has 138 valence electrons. The Labute approximate surface area is 243 Å². The van der Waals surface area contributed by atoms with Gasteiger partial charge in [0.2, 0.25) is 0 Å². The van der Waals surface area contributed by atoms with Crippen molar-refractivity contribution < 1.29 is 123 Å². The third kappa shape index (κ3) is 3.86. The van der Waals surface area contributed by atoms with Gasteiger partial charge < -0.3 is 29.6 Å². The van der Waals surface area contributed by atoms with Crippen molar-refractivity contribution >= 4 is 11.9 Å². The second-order valence-electron chi connectivity index (χ2n) is 6.50. The molecule has 0 aromatic heterocycles. The summed E-state index contributed by atoms with van der Waals surface area (Å²) in [4.78, 5) is 24.5. The molecular weight excluding hydrogens is 433 g/mol. The zero-order valence-electron chi connectivity index (χ0n) is 17.1. The molecule has 0 bridgehead atoms. The predicted octanol–water partition coefficient (Wildman–Crippen LogP) is -8.22. The summed E-state index contributed by atoms with van der Waals surface area (Å²) in [5.74, 6) is -2.75. The second-order valence-corrected chi connectivity index (χ2v) is 6.50. The van der Waals surface area contributed by atoms with E-state index in [0.29, 0.717) is 11.1 Å². The summed E-state index contributed by atoms with van der Waals surface area (Å²) in [6.07, 6.45) is 0. The first-order valence-electron chi connectivity index (χ1n) is 8.31. The zero-order chi connectivity index (χ0) is 19.6. The molecule has 7 nitrogen and oxygen atoms in total. The van der Waals surface area contributed by atoms with Crippen LogP contribution in [0.2, 0.25) is 0 Å². The zero-order valence-corrected chi connectivity index (χ0v) is 23.1. The first-order chi connectivity index (χ1) is 13.4. The number of ether oxygens (including phenoxy) is 2. The Morgan fingerprint density at radius 1 is 0.839 bits per heavy atom. The maximum Gasteiger partial charge on any atom is 1.00 e. The molecule has 5 rings (SSSR count). The van der Waals surface area contributed by atoms with Crippen LogP contribution in [0, 0.1) is 0 Å². The van der Waals surface area contributed by atoms with Crippen molar-refractivity contribution in [3.05, 3.63) is 82.4 Å². The standard InChI is InChI=1S/C21H12O7.3Na/c22-10-4-6-14-16(8-10)27-17-9-11(23)5-7-15(17)21(14)18-12(19(24)25)2-1-3-13(18)20(26)28-21;;;/h1-9,22-23H,(H,24,25);;;/q;3*+1/p-3. The van der Waals surface area contributed by atoms with Gasteiger partial charge in [0.1, 0.15) is 11.5 Å². The average Bonchev–Trinajstić information content (AvgIpc) is 2.95. The van der Waals surface area contributed by atoms with Crippen molar-refractivity contribution in [2.24, 2.45) is 0 Å². The molecule has 0 fully saturated rings. The largest absolute Gasteiger partial charge is 1.00 e. The van der Waals surface area contributed by atoms with E-state index in [1.807, 2.05) is 0 Å². The molecule has 2 aliphatic heterocycles. The van der Waals surface area contributed by atoms with E-state index in [0.717, 1.165) is 0 Å². The van der Waals surface area contributed by atoms with Gasteiger partial charge in [-0.25, -0.2) is 4.79 Å². The van der Waals surface area contributed by atoms with E-state index in [4.69, 9.17) is 9.47 Å². The van der Waals surface area contributed by atoms with Crippen molar-refractivity contribution in [1.29, 1.82) is 0 Å². The summed E-state index contributed by atoms with van der Waals surface area (Å²) in [6.45, 7) is 0. The third-order valence-corrected chi connectivity index (χ3v) is 4.99. The van der Waals surface area contributed by atoms with E-state index in [9.17, 15) is 24.9 Å². The fourth-order valence-corrected chi connectivity index (χ4v) is 3.92. The topological polar surface area (TPSA) is 122 Å². The van der Waals surface area contributed by atoms with Crippen LogP contribution in [-0.2, 0) is 10.3 Å². The Morgan fingerprint density at radius 2 is 1.39 bits per heavy atom. The van der Waals surface area contributed by atoms with E-state index in [-0.39, 0.29) is 128 Å². The van der Waals surface area contributed by atoms with Crippen LogP contribution in [0.15, 0.2) is 54.6 Å². The van der Waals surface area contributed by atoms with Gasteiger partial charge in [-0.15, -0.1) is 11.5 Å². The number of esters is 1. The molecule has 0 atom stereocenters. The first-order valence-corrected chi connectivity index (χ1v) is 8.31. The first kappa shape index (κ1) is 26.3. The van der Waals surface area contributed by atoms with Gasteiger partial charge in [-0.2, -0.15) is 0 Å². The van der Waals surface area contributed by atoms with Crippen LogP contribution >= 0.6 is 0 Å². The van der Waals surface area contributed by atoms with Crippen LogP contribution in [0.3, 0.4) is 0 Å². The number of hydrogen-bond donors (Lipinski definition) is 0. The molecule has 3 aromatic carbocycles. The van der Waals surface area contributed by atoms with Gasteiger partial charge in [-0.3, -0.25) is 0 Å². The summed E-state index contributed by atoms with van der Waals surface area (Å²) in [7, 11) is 0. The average molecular weight is 442 g/mol. The maximum absolute atomic E-state index is 12.7. The number of carboxylic acid groups (broad SMARTS) is 1. The summed E-state index contributed by atoms with van der Waals surface area (Å²) in [5, 5.41) is 35.5. The minimum atomic E-state index is -1.67. The van der Waals surface area contributed by atoms with Crippen LogP contribution < -0.4 is 109 Å². The van der Waals surface area contributed by atoms with Gasteiger partial charge in [-0.1, -0.05) is 36.4 Å². The minimum Gasteiger partial charge on any atom is -0.872 e. The molecule has 10 heteroatoms. The number of aromatic carboxylic acids is 1. The van der Waals surface area contributed by atoms with Crippen LogP contribution in [0.1, 0.15) is 37.4 Å². The predicted molar refractivity (Wildman–Crippen MR) is 87.9 cm³/mol. The van der Waals surface area contributed by atoms with E-state index in [1.54, 1.807) is 0 Å². The summed E-state index contributed by atoms with van der Waals surface area (Å²) in [5.41, 5.74) is -1.16. The Bertz CT molecular complexity index is 1160. The van der Waals surface area contributed by atoms with Crippen molar-refractivity contribution in [3.63, 3.8) is 0 Å². The monoisotopic (exact) mass is 442 g/mol. The molecule has 0 aliphatic carbocycles. The van der Waals surface area contributed by atoms with Crippen molar-refractivity contribution in [3.8, 4) is 23.0 Å². The number of carbonyl (C=O) groups excluding carboxylic acids is 2. The molecule has 0 saturated heterocycles. The minimum absolute atomic E-state index is 0. The third-order valence-electron chi connectivity index (χ3n) is 4.99. The molecule has 0 amide bonds. The fourth-order valence-electron chi connectivity index (χ4n) is 3.92. The maximum atomic E-state index is 12.7. The van der Waals surface area contributed by atoms with Gasteiger partial charge in [-0.05, 0) is 18.2 Å². The Kier molecular flexibility index (Phi) is 8.02. The molecule has 0 radical (unpaired) electrons. The number of benzene rings is 3. The van der Waals surface area contributed by atoms with E-state index in [2.05, 4.69) is 0 Å². The fraction of sp³-hybridized carbons (Fsp3) is 0.0476. The quantitative estimate of drug-likeness (QED) is 0.271. The van der Waals surface area contributed by atoms with E-state index >= 15 is 0 Å². The second kappa shape index (κ2) is 9.47. The molecule has 2 heterocycles. The molecular formula is C21H9Na3O7. The van der Waals surface area contributed by atoms with Gasteiger partial charge in [0, 0.05) is 22.3 Å². The van der Waals surface area contributed by atoms with Gasteiger partial charge in [0.05, 0.1) is 11.5 Å². The molecule has 0 unspecified atom stereocenters. The van der Waals surface area contributed by atoms with Crippen LogP contribution in [0.4, 0.5) is 0 Å². The molecule has 0 N–H and O–H groups in total. The van der Waals surface area contributed by atoms with Crippen LogP contribution in [-0.4, -0.2) is 11.9 Å². The number of carbonyl (C=O) groups is 2. The van der Waals surface area contributed by atoms with Crippen molar-refractivity contribution in [2.75, 3.05) is 0 Å². The van der Waals surface area contributed by atoms with E-state index < -0.39 is 17.5 Å².